The Bertz CT molecular complexity index is 842. The highest BCUT2D eigenvalue weighted by atomic mass is 16.5. The van der Waals surface area contributed by atoms with E-state index >= 15 is 0 Å². The van der Waals surface area contributed by atoms with Crippen molar-refractivity contribution < 1.29 is 14.3 Å². The molecule has 1 aliphatic heterocycles. The summed E-state index contributed by atoms with van der Waals surface area (Å²) in [6, 6.07) is 7.21. The van der Waals surface area contributed by atoms with Gasteiger partial charge in [0.25, 0.3) is 11.8 Å². The van der Waals surface area contributed by atoms with E-state index in [1.807, 2.05) is 30.5 Å². The van der Waals surface area contributed by atoms with Gasteiger partial charge in [0.05, 0.1) is 18.5 Å². The second-order valence-corrected chi connectivity index (χ2v) is 7.10. The number of carbonyl (C=O) groups is 2. The van der Waals surface area contributed by atoms with E-state index in [2.05, 4.69) is 15.6 Å². The summed E-state index contributed by atoms with van der Waals surface area (Å²) in [5.41, 5.74) is 1.78. The number of carbonyl (C=O) groups excluding carboxylic acids is 2. The van der Waals surface area contributed by atoms with Crippen LogP contribution in [0.2, 0.25) is 0 Å². The number of anilines is 1. The molecule has 0 atom stereocenters. The normalized spacial score (nSPS) is 13.2. The lowest BCUT2D eigenvalue weighted by Crippen LogP contribution is -2.29. The third-order valence-corrected chi connectivity index (χ3v) is 4.56. The van der Waals surface area contributed by atoms with Crippen molar-refractivity contribution in [3.8, 4) is 5.75 Å². The fraction of sp³-hybridized carbons (Fsp3) is 0.450. The van der Waals surface area contributed by atoms with Crippen molar-refractivity contribution in [1.29, 1.82) is 0 Å². The van der Waals surface area contributed by atoms with Crippen molar-refractivity contribution in [2.75, 3.05) is 19.0 Å². The Labute approximate surface area is 159 Å². The number of nitrogens with zero attached hydrogens (tertiary/aromatic N) is 2. The topological polar surface area (TPSA) is 85.2 Å². The molecule has 1 aromatic heterocycles. The lowest BCUT2D eigenvalue weighted by molar-refractivity contribution is 0.0943. The largest absolute Gasteiger partial charge is 0.495 e. The van der Waals surface area contributed by atoms with E-state index in [9.17, 15) is 9.59 Å². The van der Waals surface area contributed by atoms with Crippen molar-refractivity contribution in [2.24, 2.45) is 5.92 Å². The number of imidazole rings is 1. The molecule has 2 N–H and O–H groups in total. The van der Waals surface area contributed by atoms with Crippen LogP contribution in [0.1, 0.15) is 53.5 Å². The first kappa shape index (κ1) is 18.9. The number of amides is 2. The fourth-order valence-corrected chi connectivity index (χ4v) is 3.20. The molecule has 1 aromatic carbocycles. The summed E-state index contributed by atoms with van der Waals surface area (Å²) in [6.07, 6.45) is 2.70. The van der Waals surface area contributed by atoms with Crippen LogP contribution in [0.15, 0.2) is 24.3 Å². The zero-order valence-corrected chi connectivity index (χ0v) is 16.0. The highest BCUT2D eigenvalue weighted by molar-refractivity contribution is 6.04. The van der Waals surface area contributed by atoms with Gasteiger partial charge in [0.1, 0.15) is 11.4 Å². The number of ether oxygens (including phenoxy) is 1. The molecule has 0 unspecified atom stereocenters. The SMILES string of the molecule is COc1ccccc1NC(=O)c1nc(C(=O)NCC(C)C)c2n1CCCC2. The molecule has 0 saturated carbocycles. The van der Waals surface area contributed by atoms with Crippen molar-refractivity contribution in [3.63, 3.8) is 0 Å². The van der Waals surface area contributed by atoms with E-state index in [1.165, 1.54) is 0 Å². The van der Waals surface area contributed by atoms with Crippen LogP contribution in [-0.2, 0) is 13.0 Å². The number of fused-ring (bicyclic) bond motifs is 1. The third-order valence-electron chi connectivity index (χ3n) is 4.56. The first-order chi connectivity index (χ1) is 13.0. The van der Waals surface area contributed by atoms with Crippen molar-refractivity contribution in [1.82, 2.24) is 14.9 Å². The number of benzene rings is 1. The van der Waals surface area contributed by atoms with Crippen molar-refractivity contribution in [2.45, 2.75) is 39.7 Å². The maximum atomic E-state index is 12.9. The maximum absolute atomic E-state index is 12.9. The molecule has 144 valence electrons. The molecule has 2 heterocycles. The molecule has 2 aromatic rings. The molecule has 1 aliphatic rings. The van der Waals surface area contributed by atoms with E-state index < -0.39 is 0 Å². The van der Waals surface area contributed by atoms with Crippen LogP contribution in [0.4, 0.5) is 5.69 Å². The molecule has 0 radical (unpaired) electrons. The van der Waals surface area contributed by atoms with Crippen LogP contribution in [0.25, 0.3) is 0 Å². The average molecular weight is 370 g/mol. The van der Waals surface area contributed by atoms with E-state index in [0.29, 0.717) is 36.1 Å². The van der Waals surface area contributed by atoms with Crippen LogP contribution >= 0.6 is 0 Å². The number of hydrogen-bond acceptors (Lipinski definition) is 4. The molecule has 0 fully saturated rings. The Balaban J connectivity index is 1.88. The highest BCUT2D eigenvalue weighted by Gasteiger charge is 2.27. The van der Waals surface area contributed by atoms with Crippen LogP contribution < -0.4 is 15.4 Å². The van der Waals surface area contributed by atoms with Gasteiger partial charge in [-0.05, 0) is 37.3 Å². The molecule has 0 saturated heterocycles. The number of rotatable bonds is 6. The van der Waals surface area contributed by atoms with Gasteiger partial charge in [0, 0.05) is 13.1 Å². The van der Waals surface area contributed by atoms with Crippen LogP contribution in [0.3, 0.4) is 0 Å². The van der Waals surface area contributed by atoms with Gasteiger partial charge in [0.2, 0.25) is 0 Å². The van der Waals surface area contributed by atoms with Gasteiger partial charge >= 0.3 is 0 Å². The van der Waals surface area contributed by atoms with Crippen molar-refractivity contribution >= 4 is 17.5 Å². The summed E-state index contributed by atoms with van der Waals surface area (Å²) in [6.45, 7) is 5.34. The van der Waals surface area contributed by atoms with Crippen LogP contribution in [0.5, 0.6) is 5.75 Å². The Kier molecular flexibility index (Phi) is 5.78. The van der Waals surface area contributed by atoms with Gasteiger partial charge in [0.15, 0.2) is 5.82 Å². The maximum Gasteiger partial charge on any atom is 0.291 e. The number of hydrogen-bond donors (Lipinski definition) is 2. The highest BCUT2D eigenvalue weighted by Crippen LogP contribution is 2.25. The second kappa shape index (κ2) is 8.24. The van der Waals surface area contributed by atoms with E-state index in [-0.39, 0.29) is 17.6 Å². The first-order valence-corrected chi connectivity index (χ1v) is 9.33. The molecular formula is C20H26N4O3. The number of nitrogens with one attached hydrogen (secondary N) is 2. The Morgan fingerprint density at radius 2 is 2.00 bits per heavy atom. The van der Waals surface area contributed by atoms with Crippen LogP contribution in [-0.4, -0.2) is 35.0 Å². The van der Waals surface area contributed by atoms with Gasteiger partial charge in [-0.2, -0.15) is 0 Å². The Morgan fingerprint density at radius 3 is 2.74 bits per heavy atom. The van der Waals surface area contributed by atoms with Crippen LogP contribution in [0, 0.1) is 5.92 Å². The summed E-state index contributed by atoms with van der Waals surface area (Å²) in [5, 5.41) is 5.75. The number of para-hydroxylation sites is 2. The molecule has 3 rings (SSSR count). The predicted molar refractivity (Wildman–Crippen MR) is 103 cm³/mol. The monoisotopic (exact) mass is 370 g/mol. The molecule has 0 bridgehead atoms. The minimum Gasteiger partial charge on any atom is -0.495 e. The smallest absolute Gasteiger partial charge is 0.291 e. The van der Waals surface area contributed by atoms with E-state index in [1.54, 1.807) is 19.2 Å². The summed E-state index contributed by atoms with van der Waals surface area (Å²) >= 11 is 0. The average Bonchev–Trinajstić information content (AvgIpc) is 3.06. The summed E-state index contributed by atoms with van der Waals surface area (Å²) < 4.78 is 7.16. The van der Waals surface area contributed by atoms with Gasteiger partial charge in [-0.25, -0.2) is 4.98 Å². The van der Waals surface area contributed by atoms with Gasteiger partial charge < -0.3 is 19.9 Å². The summed E-state index contributed by atoms with van der Waals surface area (Å²) in [5.74, 6) is 0.633. The Hall–Kier alpha value is -2.83. The molecular weight excluding hydrogens is 344 g/mol. The second-order valence-electron chi connectivity index (χ2n) is 7.10. The standard InChI is InChI=1S/C20H26N4O3/c1-13(2)12-21-19(25)17-15-9-6-7-11-24(15)18(23-17)20(26)22-14-8-4-5-10-16(14)27-3/h4-5,8,10,13H,6-7,9,11-12H2,1-3H3,(H,21,25)(H,22,26). The van der Waals surface area contributed by atoms with Gasteiger partial charge in [-0.3, -0.25) is 9.59 Å². The fourth-order valence-electron chi connectivity index (χ4n) is 3.20. The quantitative estimate of drug-likeness (QED) is 0.819. The molecule has 0 spiro atoms. The van der Waals surface area contributed by atoms with Gasteiger partial charge in [-0.15, -0.1) is 0 Å². The molecule has 7 nitrogen and oxygen atoms in total. The Morgan fingerprint density at radius 1 is 1.22 bits per heavy atom. The minimum absolute atomic E-state index is 0.217. The third kappa shape index (κ3) is 4.13. The predicted octanol–water partition coefficient (Wildman–Crippen LogP) is 2.87. The molecule has 27 heavy (non-hydrogen) atoms. The first-order valence-electron chi connectivity index (χ1n) is 9.33. The minimum atomic E-state index is -0.342. The molecule has 0 aliphatic carbocycles. The molecule has 7 heteroatoms. The summed E-state index contributed by atoms with van der Waals surface area (Å²) in [7, 11) is 1.56. The molecule has 2 amide bonds. The lowest BCUT2D eigenvalue weighted by atomic mass is 10.1. The summed E-state index contributed by atoms with van der Waals surface area (Å²) in [4.78, 5) is 29.9. The number of aromatic nitrogens is 2. The number of methoxy groups -OCH3 is 1. The van der Waals surface area contributed by atoms with Gasteiger partial charge in [-0.1, -0.05) is 26.0 Å². The zero-order valence-electron chi connectivity index (χ0n) is 16.0. The van der Waals surface area contributed by atoms with E-state index in [0.717, 1.165) is 25.0 Å². The van der Waals surface area contributed by atoms with E-state index in [4.69, 9.17) is 4.74 Å². The van der Waals surface area contributed by atoms with Crippen molar-refractivity contribution in [3.05, 3.63) is 41.5 Å². The lowest BCUT2D eigenvalue weighted by Gasteiger charge is -2.17. The zero-order chi connectivity index (χ0) is 19.4.